The molecule has 0 aliphatic rings. The first-order valence-corrected chi connectivity index (χ1v) is 5.50. The quantitative estimate of drug-likeness (QED) is 0.772. The van der Waals surface area contributed by atoms with Crippen molar-refractivity contribution in [2.75, 3.05) is 20.8 Å². The largest absolute Gasteiger partial charge is 0.465 e. The molecule has 1 aromatic heterocycles. The van der Waals surface area contributed by atoms with Crippen LogP contribution in [0.5, 0.6) is 0 Å². The molecule has 0 radical (unpaired) electrons. The summed E-state index contributed by atoms with van der Waals surface area (Å²) in [5.41, 5.74) is 1.10. The fraction of sp³-hybridized carbons (Fsp3) is 0.667. The van der Waals surface area contributed by atoms with Crippen molar-refractivity contribution < 1.29 is 13.9 Å². The van der Waals surface area contributed by atoms with Crippen LogP contribution in [0, 0.1) is 6.92 Å². The van der Waals surface area contributed by atoms with Gasteiger partial charge in [-0.25, -0.2) is 0 Å². The fourth-order valence-electron chi connectivity index (χ4n) is 1.51. The highest BCUT2D eigenvalue weighted by molar-refractivity contribution is 5.19. The second-order valence-corrected chi connectivity index (χ2v) is 3.90. The van der Waals surface area contributed by atoms with Gasteiger partial charge in [0, 0.05) is 12.7 Å². The molecule has 0 amide bonds. The Balaban J connectivity index is 2.46. The first-order valence-electron chi connectivity index (χ1n) is 5.50. The third-order valence-corrected chi connectivity index (χ3v) is 2.35. The Labute approximate surface area is 96.9 Å². The summed E-state index contributed by atoms with van der Waals surface area (Å²) in [5.74, 6) is 1.87. The number of methoxy groups -OCH3 is 1. The summed E-state index contributed by atoms with van der Waals surface area (Å²) < 4.78 is 16.2. The van der Waals surface area contributed by atoms with Crippen molar-refractivity contribution in [3.63, 3.8) is 0 Å². The fourth-order valence-corrected chi connectivity index (χ4v) is 1.51. The van der Waals surface area contributed by atoms with Crippen LogP contribution < -0.4 is 5.32 Å². The maximum Gasteiger partial charge on any atom is 0.118 e. The van der Waals surface area contributed by atoms with Gasteiger partial charge in [-0.2, -0.15) is 0 Å². The summed E-state index contributed by atoms with van der Waals surface area (Å²) in [6.45, 7) is 5.88. The second kappa shape index (κ2) is 6.68. The lowest BCUT2D eigenvalue weighted by atomic mass is 10.2. The van der Waals surface area contributed by atoms with Crippen LogP contribution in [-0.4, -0.2) is 26.9 Å². The molecule has 1 N–H and O–H groups in total. The Hall–Kier alpha value is -0.840. The summed E-state index contributed by atoms with van der Waals surface area (Å²) >= 11 is 0. The average Bonchev–Trinajstić information content (AvgIpc) is 2.57. The van der Waals surface area contributed by atoms with Gasteiger partial charge in [-0.05, 0) is 27.0 Å². The number of ether oxygens (including phenoxy) is 2. The number of hydrogen-bond acceptors (Lipinski definition) is 4. The molecule has 0 bridgehead atoms. The molecule has 1 heterocycles. The molecular formula is C12H21NO3. The number of aryl methyl sites for hydroxylation is 1. The summed E-state index contributed by atoms with van der Waals surface area (Å²) in [7, 11) is 3.57. The SMILES string of the molecule is CNCc1cc(COC(C)COC)c(C)o1. The van der Waals surface area contributed by atoms with E-state index in [1.165, 1.54) is 0 Å². The number of rotatable bonds is 7. The van der Waals surface area contributed by atoms with Crippen LogP contribution in [0.4, 0.5) is 0 Å². The topological polar surface area (TPSA) is 43.6 Å². The molecule has 0 fully saturated rings. The third kappa shape index (κ3) is 3.96. The standard InChI is InChI=1S/C12H21NO3/c1-9(7-14-4)15-8-11-5-12(6-13-3)16-10(11)2/h5,9,13H,6-8H2,1-4H3. The highest BCUT2D eigenvalue weighted by atomic mass is 16.5. The van der Waals surface area contributed by atoms with Gasteiger partial charge < -0.3 is 19.2 Å². The normalized spacial score (nSPS) is 13.0. The molecule has 1 rings (SSSR count). The minimum atomic E-state index is 0.104. The molecule has 92 valence electrons. The predicted octanol–water partition coefficient (Wildman–Crippen LogP) is 1.86. The molecule has 4 nitrogen and oxygen atoms in total. The van der Waals surface area contributed by atoms with Gasteiger partial charge in [0.05, 0.1) is 25.9 Å². The Kier molecular flexibility index (Phi) is 5.52. The van der Waals surface area contributed by atoms with Gasteiger partial charge in [0.15, 0.2) is 0 Å². The van der Waals surface area contributed by atoms with E-state index in [1.807, 2.05) is 27.0 Å². The Bertz CT molecular complexity index is 309. The molecule has 1 aromatic rings. The molecule has 0 aliphatic heterocycles. The smallest absolute Gasteiger partial charge is 0.118 e. The average molecular weight is 227 g/mol. The lowest BCUT2D eigenvalue weighted by Gasteiger charge is -2.10. The van der Waals surface area contributed by atoms with E-state index in [0.717, 1.165) is 23.6 Å². The minimum Gasteiger partial charge on any atom is -0.465 e. The second-order valence-electron chi connectivity index (χ2n) is 3.90. The van der Waals surface area contributed by atoms with Gasteiger partial charge in [-0.3, -0.25) is 0 Å². The van der Waals surface area contributed by atoms with Crippen LogP contribution in [0.3, 0.4) is 0 Å². The van der Waals surface area contributed by atoms with Crippen molar-refractivity contribution in [1.82, 2.24) is 5.32 Å². The van der Waals surface area contributed by atoms with Crippen molar-refractivity contribution >= 4 is 0 Å². The van der Waals surface area contributed by atoms with E-state index in [0.29, 0.717) is 13.2 Å². The Morgan fingerprint density at radius 2 is 2.25 bits per heavy atom. The monoisotopic (exact) mass is 227 g/mol. The van der Waals surface area contributed by atoms with Crippen molar-refractivity contribution in [3.8, 4) is 0 Å². The van der Waals surface area contributed by atoms with E-state index in [9.17, 15) is 0 Å². The van der Waals surface area contributed by atoms with Crippen molar-refractivity contribution in [2.45, 2.75) is 33.1 Å². The zero-order valence-electron chi connectivity index (χ0n) is 10.5. The first-order chi connectivity index (χ1) is 7.67. The van der Waals surface area contributed by atoms with Crippen LogP contribution in [0.15, 0.2) is 10.5 Å². The van der Waals surface area contributed by atoms with Gasteiger partial charge in [-0.1, -0.05) is 0 Å². The van der Waals surface area contributed by atoms with Crippen molar-refractivity contribution in [1.29, 1.82) is 0 Å². The molecule has 1 unspecified atom stereocenters. The van der Waals surface area contributed by atoms with Gasteiger partial charge in [0.1, 0.15) is 11.5 Å². The molecule has 0 aliphatic carbocycles. The van der Waals surface area contributed by atoms with E-state index >= 15 is 0 Å². The number of hydrogen-bond donors (Lipinski definition) is 1. The van der Waals surface area contributed by atoms with Crippen molar-refractivity contribution in [3.05, 3.63) is 23.2 Å². The Morgan fingerprint density at radius 3 is 2.88 bits per heavy atom. The van der Waals surface area contributed by atoms with Crippen LogP contribution in [0.2, 0.25) is 0 Å². The van der Waals surface area contributed by atoms with Gasteiger partial charge in [0.2, 0.25) is 0 Å². The summed E-state index contributed by atoms with van der Waals surface area (Å²) in [6, 6.07) is 2.03. The third-order valence-electron chi connectivity index (χ3n) is 2.35. The molecule has 1 atom stereocenters. The number of nitrogens with one attached hydrogen (secondary N) is 1. The lowest BCUT2D eigenvalue weighted by Crippen LogP contribution is -2.14. The maximum absolute atomic E-state index is 5.64. The highest BCUT2D eigenvalue weighted by Crippen LogP contribution is 2.16. The van der Waals surface area contributed by atoms with E-state index in [-0.39, 0.29) is 6.10 Å². The highest BCUT2D eigenvalue weighted by Gasteiger charge is 2.09. The van der Waals surface area contributed by atoms with Gasteiger partial charge >= 0.3 is 0 Å². The van der Waals surface area contributed by atoms with Crippen LogP contribution >= 0.6 is 0 Å². The molecule has 16 heavy (non-hydrogen) atoms. The van der Waals surface area contributed by atoms with Crippen LogP contribution in [-0.2, 0) is 22.6 Å². The molecule has 0 aromatic carbocycles. The van der Waals surface area contributed by atoms with Gasteiger partial charge in [-0.15, -0.1) is 0 Å². The number of furan rings is 1. The summed E-state index contributed by atoms with van der Waals surface area (Å²) in [5, 5.41) is 3.06. The maximum atomic E-state index is 5.64. The predicted molar refractivity (Wildman–Crippen MR) is 62.3 cm³/mol. The van der Waals surface area contributed by atoms with E-state index in [2.05, 4.69) is 5.32 Å². The summed E-state index contributed by atoms with van der Waals surface area (Å²) in [6.07, 6.45) is 0.104. The Morgan fingerprint density at radius 1 is 1.50 bits per heavy atom. The van der Waals surface area contributed by atoms with Gasteiger partial charge in [0.25, 0.3) is 0 Å². The minimum absolute atomic E-state index is 0.104. The van der Waals surface area contributed by atoms with E-state index < -0.39 is 0 Å². The molecule has 0 saturated carbocycles. The van der Waals surface area contributed by atoms with Crippen molar-refractivity contribution in [2.24, 2.45) is 0 Å². The molecule has 4 heteroatoms. The first kappa shape index (κ1) is 13.2. The summed E-state index contributed by atoms with van der Waals surface area (Å²) in [4.78, 5) is 0. The van der Waals surface area contributed by atoms with E-state index in [4.69, 9.17) is 13.9 Å². The molecule has 0 saturated heterocycles. The zero-order valence-corrected chi connectivity index (χ0v) is 10.5. The van der Waals surface area contributed by atoms with E-state index in [1.54, 1.807) is 7.11 Å². The molecule has 0 spiro atoms. The molecular weight excluding hydrogens is 206 g/mol. The zero-order chi connectivity index (χ0) is 12.0. The van der Waals surface area contributed by atoms with Crippen LogP contribution in [0.25, 0.3) is 0 Å². The lowest BCUT2D eigenvalue weighted by molar-refractivity contribution is -0.000504. The van der Waals surface area contributed by atoms with Crippen LogP contribution in [0.1, 0.15) is 24.0 Å².